The molecular formula is C11H11N5O5. The lowest BCUT2D eigenvalue weighted by Gasteiger charge is -2.23. The summed E-state index contributed by atoms with van der Waals surface area (Å²) in [5.41, 5.74) is -1.98. The van der Waals surface area contributed by atoms with Gasteiger partial charge in [0, 0.05) is 0 Å². The number of fused-ring (bicyclic) bond motifs is 1. The van der Waals surface area contributed by atoms with E-state index < -0.39 is 36.4 Å². The van der Waals surface area contributed by atoms with Crippen LogP contribution in [0.5, 0.6) is 5.88 Å². The number of aromatic hydroxyl groups is 1. The molecule has 110 valence electrons. The fourth-order valence-corrected chi connectivity index (χ4v) is 2.39. The molecule has 0 aliphatic carbocycles. The zero-order valence-electron chi connectivity index (χ0n) is 10.5. The van der Waals surface area contributed by atoms with Gasteiger partial charge in [-0.2, -0.15) is 15.3 Å². The summed E-state index contributed by atoms with van der Waals surface area (Å²) in [5.74, 6) is -0.406. The maximum Gasteiger partial charge on any atom is 0.258 e. The van der Waals surface area contributed by atoms with Crippen molar-refractivity contribution in [2.75, 3.05) is 6.61 Å². The third kappa shape index (κ3) is 1.69. The number of aromatic nitrogens is 4. The quantitative estimate of drug-likeness (QED) is 0.476. The van der Waals surface area contributed by atoms with Crippen molar-refractivity contribution in [3.8, 4) is 11.9 Å². The normalized spacial score (nSPS) is 32.4. The van der Waals surface area contributed by atoms with Gasteiger partial charge in [-0.1, -0.05) is 0 Å². The molecule has 0 saturated carbocycles. The molecule has 0 amide bonds. The van der Waals surface area contributed by atoms with Gasteiger partial charge in [0.25, 0.3) is 5.88 Å². The van der Waals surface area contributed by atoms with Crippen LogP contribution in [0, 0.1) is 11.3 Å². The summed E-state index contributed by atoms with van der Waals surface area (Å²) in [4.78, 5) is 7.41. The largest absolute Gasteiger partial charge is 0.491 e. The Morgan fingerprint density at radius 1 is 1.43 bits per heavy atom. The lowest BCUT2D eigenvalue weighted by molar-refractivity contribution is -0.0643. The molecular weight excluding hydrogens is 282 g/mol. The van der Waals surface area contributed by atoms with Crippen LogP contribution in [0.15, 0.2) is 12.5 Å². The molecule has 0 radical (unpaired) electrons. The van der Waals surface area contributed by atoms with Crippen molar-refractivity contribution in [2.45, 2.75) is 23.9 Å². The van der Waals surface area contributed by atoms with Gasteiger partial charge in [-0.15, -0.1) is 0 Å². The second kappa shape index (κ2) is 4.61. The number of aliphatic hydroxyl groups is 3. The molecule has 10 heteroatoms. The lowest BCUT2D eigenvalue weighted by Crippen LogP contribution is -2.40. The Morgan fingerprint density at radius 3 is 2.81 bits per heavy atom. The molecule has 2 aromatic heterocycles. The summed E-state index contributed by atoms with van der Waals surface area (Å²) in [6.45, 7) is -0.571. The van der Waals surface area contributed by atoms with Gasteiger partial charge in [0.15, 0.2) is 0 Å². The summed E-state index contributed by atoms with van der Waals surface area (Å²) in [6.07, 6.45) is -1.96. The topological polar surface area (TPSA) is 157 Å². The average Bonchev–Trinajstić information content (AvgIpc) is 3.03. The third-order valence-corrected chi connectivity index (χ3v) is 3.47. The molecule has 1 fully saturated rings. The zero-order valence-corrected chi connectivity index (χ0v) is 10.5. The van der Waals surface area contributed by atoms with Crippen molar-refractivity contribution < 1.29 is 25.2 Å². The molecule has 0 bridgehead atoms. The first-order valence-electron chi connectivity index (χ1n) is 5.99. The van der Waals surface area contributed by atoms with Crippen molar-refractivity contribution in [3.05, 3.63) is 18.2 Å². The van der Waals surface area contributed by atoms with E-state index in [1.807, 2.05) is 0 Å². The molecule has 0 spiro atoms. The van der Waals surface area contributed by atoms with Gasteiger partial charge in [0.05, 0.1) is 12.8 Å². The molecule has 4 N–H and O–H groups in total. The summed E-state index contributed by atoms with van der Waals surface area (Å²) in [6, 6.07) is 1.79. The number of aliphatic hydroxyl groups excluding tert-OH is 3. The van der Waals surface area contributed by atoms with Crippen LogP contribution in [0.3, 0.4) is 0 Å². The average molecular weight is 293 g/mol. The van der Waals surface area contributed by atoms with Gasteiger partial charge >= 0.3 is 0 Å². The van der Waals surface area contributed by atoms with Crippen LogP contribution in [0.25, 0.3) is 5.65 Å². The Labute approximate surface area is 117 Å². The van der Waals surface area contributed by atoms with Crippen molar-refractivity contribution >= 4 is 5.65 Å². The Bertz CT molecular complexity index is 727. The smallest absolute Gasteiger partial charge is 0.258 e. The van der Waals surface area contributed by atoms with Gasteiger partial charge in [-0.05, 0) is 0 Å². The van der Waals surface area contributed by atoms with Crippen molar-refractivity contribution in [1.29, 1.82) is 5.26 Å². The summed E-state index contributed by atoms with van der Waals surface area (Å²) < 4.78 is 6.43. The van der Waals surface area contributed by atoms with Crippen LogP contribution in [-0.2, 0) is 10.3 Å². The van der Waals surface area contributed by atoms with Crippen molar-refractivity contribution in [3.63, 3.8) is 0 Å². The molecule has 21 heavy (non-hydrogen) atoms. The minimum atomic E-state index is -1.97. The van der Waals surface area contributed by atoms with Gasteiger partial charge in [-0.3, -0.25) is 0 Å². The highest BCUT2D eigenvalue weighted by atomic mass is 16.6. The number of hydrogen-bond donors (Lipinski definition) is 4. The van der Waals surface area contributed by atoms with E-state index in [2.05, 4.69) is 15.1 Å². The molecule has 2 aromatic rings. The van der Waals surface area contributed by atoms with E-state index in [0.29, 0.717) is 0 Å². The predicted molar refractivity (Wildman–Crippen MR) is 63.7 cm³/mol. The lowest BCUT2D eigenvalue weighted by atomic mass is 9.93. The monoisotopic (exact) mass is 293 g/mol. The van der Waals surface area contributed by atoms with Crippen LogP contribution >= 0.6 is 0 Å². The zero-order chi connectivity index (χ0) is 15.2. The predicted octanol–water partition coefficient (Wildman–Crippen LogP) is -2.34. The minimum Gasteiger partial charge on any atom is -0.491 e. The van der Waals surface area contributed by atoms with Crippen LogP contribution in [0.2, 0.25) is 0 Å². The van der Waals surface area contributed by atoms with E-state index >= 15 is 0 Å². The molecule has 0 aromatic carbocycles. The van der Waals surface area contributed by atoms with Gasteiger partial charge in [0.2, 0.25) is 11.2 Å². The Kier molecular flexibility index (Phi) is 2.99. The van der Waals surface area contributed by atoms with Crippen molar-refractivity contribution in [2.24, 2.45) is 0 Å². The first-order valence-corrected chi connectivity index (χ1v) is 5.99. The van der Waals surface area contributed by atoms with Gasteiger partial charge in [0.1, 0.15) is 36.4 Å². The van der Waals surface area contributed by atoms with E-state index in [0.717, 1.165) is 10.8 Å². The van der Waals surface area contributed by atoms with Gasteiger partial charge in [-0.25, -0.2) is 9.50 Å². The summed E-state index contributed by atoms with van der Waals surface area (Å²) >= 11 is 0. The number of imidazole rings is 1. The minimum absolute atomic E-state index is 0.0141. The first-order chi connectivity index (χ1) is 10.0. The van der Waals surface area contributed by atoms with Crippen LogP contribution < -0.4 is 0 Å². The highest BCUT2D eigenvalue weighted by Gasteiger charge is 2.57. The number of rotatable bonds is 2. The van der Waals surface area contributed by atoms with Crippen LogP contribution in [-0.4, -0.2) is 64.9 Å². The van der Waals surface area contributed by atoms with Gasteiger partial charge < -0.3 is 25.2 Å². The highest BCUT2D eigenvalue weighted by molar-refractivity contribution is 5.49. The summed E-state index contributed by atoms with van der Waals surface area (Å²) in [5, 5.41) is 52.0. The standard InChI is InChI=1S/C11H11N5O5/c12-3-11(8(19)7(18)5(2-17)21-11)6-1-13-9-10(20)14-4-15-16(6)9/h1,4-5,7-8,17-19H,2H2,(H,14,15,20)/t5-,7-,8-,11+/m1/s1. The molecule has 3 rings (SSSR count). The molecule has 1 aliphatic rings. The van der Waals surface area contributed by atoms with E-state index in [9.17, 15) is 20.6 Å². The third-order valence-electron chi connectivity index (χ3n) is 3.47. The molecule has 4 atom stereocenters. The van der Waals surface area contributed by atoms with E-state index in [-0.39, 0.29) is 11.3 Å². The van der Waals surface area contributed by atoms with Crippen LogP contribution in [0.4, 0.5) is 0 Å². The Balaban J connectivity index is 2.20. The van der Waals surface area contributed by atoms with E-state index in [1.165, 1.54) is 6.20 Å². The molecule has 0 unspecified atom stereocenters. The maximum absolute atomic E-state index is 10.2. The number of nitriles is 1. The van der Waals surface area contributed by atoms with E-state index in [4.69, 9.17) is 9.84 Å². The SMILES string of the molecule is N#C[C@@]1(c2cnc3c(O)ncnn23)O[C@H](CO)[C@@H](O)[C@H]1O. The highest BCUT2D eigenvalue weighted by Crippen LogP contribution is 2.39. The number of nitrogens with zero attached hydrogens (tertiary/aromatic N) is 5. The Morgan fingerprint density at radius 2 is 2.19 bits per heavy atom. The second-order valence-electron chi connectivity index (χ2n) is 4.58. The molecule has 10 nitrogen and oxygen atoms in total. The number of ether oxygens (including phenoxy) is 1. The molecule has 1 saturated heterocycles. The summed E-state index contributed by atoms with van der Waals surface area (Å²) in [7, 11) is 0. The first kappa shape index (κ1) is 13.7. The fraction of sp³-hybridized carbons (Fsp3) is 0.455. The number of hydrogen-bond acceptors (Lipinski definition) is 9. The molecule has 1 aliphatic heterocycles. The van der Waals surface area contributed by atoms with Crippen LogP contribution in [0.1, 0.15) is 5.69 Å². The Hall–Kier alpha value is -2.32. The second-order valence-corrected chi connectivity index (χ2v) is 4.58. The molecule has 3 heterocycles. The fourth-order valence-electron chi connectivity index (χ4n) is 2.39. The maximum atomic E-state index is 10.2. The van der Waals surface area contributed by atoms with E-state index in [1.54, 1.807) is 6.07 Å². The van der Waals surface area contributed by atoms with Crippen molar-refractivity contribution in [1.82, 2.24) is 19.6 Å².